The highest BCUT2D eigenvalue weighted by Gasteiger charge is 2.31. The molecule has 1 aliphatic heterocycles. The summed E-state index contributed by atoms with van der Waals surface area (Å²) in [6.45, 7) is 5.58. The van der Waals surface area contributed by atoms with Crippen LogP contribution >= 0.6 is 0 Å². The Hall–Kier alpha value is -0.630. The molecule has 0 amide bonds. The van der Waals surface area contributed by atoms with E-state index in [0.717, 1.165) is 19.1 Å². The zero-order valence-electron chi connectivity index (χ0n) is 6.26. The van der Waals surface area contributed by atoms with Crippen molar-refractivity contribution < 1.29 is 4.79 Å². The number of carbonyl (C=O) groups is 1. The molecule has 1 unspecified atom stereocenters. The Morgan fingerprint density at radius 1 is 1.80 bits per heavy atom. The molecule has 10 heavy (non-hydrogen) atoms. The molecule has 0 spiro atoms. The third kappa shape index (κ3) is 1.27. The van der Waals surface area contributed by atoms with E-state index in [0.29, 0.717) is 6.04 Å². The predicted octanol–water partition coefficient (Wildman–Crippen LogP) is 0.882. The molecule has 1 N–H and O–H groups in total. The standard InChI is InChI=1S/C8H13NO/c1-3-7-4-5-8(2,6-10)9-7/h3,6-7,9H,1,4-5H2,2H3/t7?,8-/m0/s1. The maximum Gasteiger partial charge on any atom is 0.139 e. The summed E-state index contributed by atoms with van der Waals surface area (Å²) in [6.07, 6.45) is 4.79. The highest BCUT2D eigenvalue weighted by atomic mass is 16.1. The van der Waals surface area contributed by atoms with E-state index in [2.05, 4.69) is 11.9 Å². The molecule has 0 saturated carbocycles. The van der Waals surface area contributed by atoms with Crippen LogP contribution in [0, 0.1) is 0 Å². The molecule has 1 heterocycles. The maximum absolute atomic E-state index is 10.5. The minimum absolute atomic E-state index is 0.293. The first-order chi connectivity index (χ1) is 4.70. The van der Waals surface area contributed by atoms with Gasteiger partial charge in [0, 0.05) is 6.04 Å². The van der Waals surface area contributed by atoms with Gasteiger partial charge >= 0.3 is 0 Å². The average molecular weight is 139 g/mol. The molecule has 56 valence electrons. The number of hydrogen-bond acceptors (Lipinski definition) is 2. The van der Waals surface area contributed by atoms with Crippen LogP contribution in [0.1, 0.15) is 19.8 Å². The molecule has 0 bridgehead atoms. The Bertz CT molecular complexity index is 155. The largest absolute Gasteiger partial charge is 0.301 e. The molecular formula is C8H13NO. The summed E-state index contributed by atoms with van der Waals surface area (Å²) in [7, 11) is 0. The van der Waals surface area contributed by atoms with Gasteiger partial charge in [0.2, 0.25) is 0 Å². The fourth-order valence-electron chi connectivity index (χ4n) is 1.29. The summed E-state index contributed by atoms with van der Waals surface area (Å²) < 4.78 is 0. The molecule has 2 atom stereocenters. The fourth-order valence-corrected chi connectivity index (χ4v) is 1.29. The molecule has 2 heteroatoms. The van der Waals surface area contributed by atoms with Crippen molar-refractivity contribution >= 4 is 6.29 Å². The first kappa shape index (κ1) is 7.48. The monoisotopic (exact) mass is 139 g/mol. The zero-order valence-corrected chi connectivity index (χ0v) is 6.26. The lowest BCUT2D eigenvalue weighted by Gasteiger charge is -2.16. The number of aldehydes is 1. The van der Waals surface area contributed by atoms with Crippen molar-refractivity contribution in [3.8, 4) is 0 Å². The van der Waals surface area contributed by atoms with E-state index in [-0.39, 0.29) is 5.54 Å². The van der Waals surface area contributed by atoms with E-state index in [4.69, 9.17) is 0 Å². The van der Waals surface area contributed by atoms with Crippen LogP contribution in [0.15, 0.2) is 12.7 Å². The number of rotatable bonds is 2. The summed E-state index contributed by atoms with van der Waals surface area (Å²) in [6, 6.07) is 0.329. The molecule has 0 radical (unpaired) electrons. The van der Waals surface area contributed by atoms with Gasteiger partial charge in [-0.3, -0.25) is 5.32 Å². The third-order valence-electron chi connectivity index (χ3n) is 2.03. The summed E-state index contributed by atoms with van der Waals surface area (Å²) in [4.78, 5) is 10.5. The maximum atomic E-state index is 10.5. The van der Waals surface area contributed by atoms with Crippen molar-refractivity contribution in [1.82, 2.24) is 5.32 Å². The summed E-state index contributed by atoms with van der Waals surface area (Å²) in [5, 5.41) is 3.18. The Balaban J connectivity index is 2.56. The van der Waals surface area contributed by atoms with Gasteiger partial charge in [0.05, 0.1) is 5.54 Å². The van der Waals surface area contributed by atoms with Crippen LogP contribution in [-0.4, -0.2) is 17.9 Å². The Morgan fingerprint density at radius 2 is 2.50 bits per heavy atom. The highest BCUT2D eigenvalue weighted by molar-refractivity contribution is 5.64. The molecule has 0 aliphatic carbocycles. The summed E-state index contributed by atoms with van der Waals surface area (Å²) in [5.41, 5.74) is -0.293. The van der Waals surface area contributed by atoms with E-state index < -0.39 is 0 Å². The van der Waals surface area contributed by atoms with Gasteiger partial charge in [-0.1, -0.05) is 6.08 Å². The second-order valence-electron chi connectivity index (χ2n) is 3.06. The molecular weight excluding hydrogens is 126 g/mol. The normalized spacial score (nSPS) is 39.5. The first-order valence-electron chi connectivity index (χ1n) is 3.57. The van der Waals surface area contributed by atoms with Crippen molar-refractivity contribution in [1.29, 1.82) is 0 Å². The summed E-state index contributed by atoms with van der Waals surface area (Å²) >= 11 is 0. The van der Waals surface area contributed by atoms with Gasteiger partial charge in [0.15, 0.2) is 0 Å². The fraction of sp³-hybridized carbons (Fsp3) is 0.625. The summed E-state index contributed by atoms with van der Waals surface area (Å²) in [5.74, 6) is 0. The van der Waals surface area contributed by atoms with Crippen molar-refractivity contribution in [2.75, 3.05) is 0 Å². The molecule has 1 rings (SSSR count). The molecule has 0 aromatic rings. The van der Waals surface area contributed by atoms with Gasteiger partial charge in [-0.25, -0.2) is 0 Å². The van der Waals surface area contributed by atoms with Crippen molar-refractivity contribution in [3.63, 3.8) is 0 Å². The van der Waals surface area contributed by atoms with Crippen molar-refractivity contribution in [3.05, 3.63) is 12.7 Å². The van der Waals surface area contributed by atoms with E-state index in [1.54, 1.807) is 0 Å². The van der Waals surface area contributed by atoms with Crippen LogP contribution in [-0.2, 0) is 4.79 Å². The van der Waals surface area contributed by atoms with E-state index in [1.165, 1.54) is 0 Å². The van der Waals surface area contributed by atoms with Gasteiger partial charge < -0.3 is 4.79 Å². The van der Waals surface area contributed by atoms with Gasteiger partial charge in [0.1, 0.15) is 6.29 Å². The van der Waals surface area contributed by atoms with Gasteiger partial charge in [0.25, 0.3) is 0 Å². The second kappa shape index (κ2) is 2.54. The van der Waals surface area contributed by atoms with Crippen molar-refractivity contribution in [2.45, 2.75) is 31.3 Å². The third-order valence-corrected chi connectivity index (χ3v) is 2.03. The molecule has 0 aromatic carbocycles. The number of hydrogen-bond donors (Lipinski definition) is 1. The SMILES string of the molecule is C=CC1CC[C@@](C)(C=O)N1. The predicted molar refractivity (Wildman–Crippen MR) is 40.8 cm³/mol. The van der Waals surface area contributed by atoms with E-state index in [1.807, 2.05) is 13.0 Å². The minimum Gasteiger partial charge on any atom is -0.301 e. The lowest BCUT2D eigenvalue weighted by molar-refractivity contribution is -0.112. The molecule has 0 aromatic heterocycles. The smallest absolute Gasteiger partial charge is 0.139 e. The molecule has 2 nitrogen and oxygen atoms in total. The van der Waals surface area contributed by atoms with Gasteiger partial charge in [-0.15, -0.1) is 6.58 Å². The molecule has 1 fully saturated rings. The lowest BCUT2D eigenvalue weighted by atomic mass is 10.0. The second-order valence-corrected chi connectivity index (χ2v) is 3.06. The average Bonchev–Trinajstić information content (AvgIpc) is 2.33. The van der Waals surface area contributed by atoms with Crippen LogP contribution in [0.3, 0.4) is 0 Å². The van der Waals surface area contributed by atoms with Crippen LogP contribution in [0.25, 0.3) is 0 Å². The van der Waals surface area contributed by atoms with E-state index >= 15 is 0 Å². The van der Waals surface area contributed by atoms with Gasteiger partial charge in [-0.05, 0) is 19.8 Å². The van der Waals surface area contributed by atoms with Crippen molar-refractivity contribution in [2.24, 2.45) is 0 Å². The minimum atomic E-state index is -0.293. The topological polar surface area (TPSA) is 29.1 Å². The Kier molecular flexibility index (Phi) is 1.90. The van der Waals surface area contributed by atoms with Gasteiger partial charge in [-0.2, -0.15) is 0 Å². The highest BCUT2D eigenvalue weighted by Crippen LogP contribution is 2.20. The van der Waals surface area contributed by atoms with Crippen LogP contribution < -0.4 is 5.32 Å². The van der Waals surface area contributed by atoms with Crippen LogP contribution in [0.4, 0.5) is 0 Å². The first-order valence-corrected chi connectivity index (χ1v) is 3.57. The Labute approximate surface area is 61.3 Å². The molecule has 1 aliphatic rings. The van der Waals surface area contributed by atoms with Crippen LogP contribution in [0.2, 0.25) is 0 Å². The quantitative estimate of drug-likeness (QED) is 0.454. The zero-order chi connectivity index (χ0) is 7.61. The number of nitrogens with one attached hydrogen (secondary N) is 1. The molecule has 1 saturated heterocycles. The van der Waals surface area contributed by atoms with E-state index in [9.17, 15) is 4.79 Å². The lowest BCUT2D eigenvalue weighted by Crippen LogP contribution is -2.40. The Morgan fingerprint density at radius 3 is 2.80 bits per heavy atom. The number of carbonyl (C=O) groups excluding carboxylic acids is 1. The van der Waals surface area contributed by atoms with Crippen LogP contribution in [0.5, 0.6) is 0 Å².